The monoisotopic (exact) mass is 366 g/mol. The van der Waals surface area contributed by atoms with Gasteiger partial charge in [0.15, 0.2) is 0 Å². The molecule has 2 N–H and O–H groups in total. The molecule has 144 valence electrons. The molecule has 1 fully saturated rings. The molecule has 2 aliphatic carbocycles. The van der Waals surface area contributed by atoms with Crippen LogP contribution in [0.25, 0.3) is 0 Å². The number of hydrogen-bond acceptors (Lipinski definition) is 3. The first kappa shape index (κ1) is 18.4. The normalized spacial score (nSPS) is 24.3. The van der Waals surface area contributed by atoms with E-state index in [2.05, 4.69) is 24.3 Å². The van der Waals surface area contributed by atoms with E-state index in [1.807, 2.05) is 12.1 Å². The molecule has 0 aromatic heterocycles. The number of hydrogen-bond donors (Lipinski definition) is 2. The highest BCUT2D eigenvalue weighted by Crippen LogP contribution is 2.52. The molecule has 0 unspecified atom stereocenters. The zero-order valence-corrected chi connectivity index (χ0v) is 16.2. The van der Waals surface area contributed by atoms with Crippen molar-refractivity contribution in [1.29, 1.82) is 0 Å². The maximum Gasteiger partial charge on any atom is 0.119 e. The maximum absolute atomic E-state index is 10.6. The molecule has 0 bridgehead atoms. The van der Waals surface area contributed by atoms with Crippen molar-refractivity contribution in [3.8, 4) is 11.5 Å². The topological polar surface area (TPSA) is 49.7 Å². The standard InChI is InChI=1S/C24H30O3/c1-27-12-4-5-17-13-18-14-22(16-8-10-19(25)11-9-16)20-6-2-3-7-21(20)23(18)15-24(17)26/h8-11,13,15,20-22,25-26H,2-7,12,14H2,1H3/t20-,21+,22-/m0/s1. The van der Waals surface area contributed by atoms with E-state index in [0.717, 1.165) is 31.4 Å². The van der Waals surface area contributed by atoms with Gasteiger partial charge in [-0.25, -0.2) is 0 Å². The highest BCUT2D eigenvalue weighted by Gasteiger charge is 2.39. The predicted molar refractivity (Wildman–Crippen MR) is 108 cm³/mol. The molecule has 3 atom stereocenters. The average molecular weight is 367 g/mol. The van der Waals surface area contributed by atoms with Gasteiger partial charge in [-0.3, -0.25) is 0 Å². The third-order valence-corrected chi connectivity index (χ3v) is 6.63. The highest BCUT2D eigenvalue weighted by atomic mass is 16.5. The summed E-state index contributed by atoms with van der Waals surface area (Å²) < 4.78 is 5.17. The van der Waals surface area contributed by atoms with Crippen LogP contribution in [0.5, 0.6) is 11.5 Å². The molecule has 2 aromatic carbocycles. The molecule has 3 nitrogen and oxygen atoms in total. The van der Waals surface area contributed by atoms with Crippen LogP contribution in [0.2, 0.25) is 0 Å². The summed E-state index contributed by atoms with van der Waals surface area (Å²) in [5.41, 5.74) is 5.16. The van der Waals surface area contributed by atoms with E-state index in [1.165, 1.54) is 42.4 Å². The van der Waals surface area contributed by atoms with Gasteiger partial charge < -0.3 is 14.9 Å². The number of phenols is 2. The van der Waals surface area contributed by atoms with Crippen LogP contribution >= 0.6 is 0 Å². The van der Waals surface area contributed by atoms with Crippen LogP contribution in [0.1, 0.15) is 66.2 Å². The maximum atomic E-state index is 10.6. The summed E-state index contributed by atoms with van der Waals surface area (Å²) in [5, 5.41) is 20.3. The Bertz CT molecular complexity index is 781. The summed E-state index contributed by atoms with van der Waals surface area (Å²) in [7, 11) is 1.72. The summed E-state index contributed by atoms with van der Waals surface area (Å²) in [6.45, 7) is 0.720. The second-order valence-electron chi connectivity index (χ2n) is 8.23. The fraction of sp³-hybridized carbons (Fsp3) is 0.500. The molecule has 0 saturated heterocycles. The van der Waals surface area contributed by atoms with Crippen LogP contribution in [-0.4, -0.2) is 23.9 Å². The minimum absolute atomic E-state index is 0.334. The Labute approximate surface area is 162 Å². The van der Waals surface area contributed by atoms with Gasteiger partial charge in [0.2, 0.25) is 0 Å². The van der Waals surface area contributed by atoms with Crippen molar-refractivity contribution in [3.63, 3.8) is 0 Å². The fourth-order valence-electron chi connectivity index (χ4n) is 5.33. The van der Waals surface area contributed by atoms with Gasteiger partial charge in [-0.05, 0) is 90.3 Å². The number of benzene rings is 2. The van der Waals surface area contributed by atoms with Crippen molar-refractivity contribution in [3.05, 3.63) is 58.7 Å². The molecular weight excluding hydrogens is 336 g/mol. The van der Waals surface area contributed by atoms with Crippen LogP contribution in [0.15, 0.2) is 36.4 Å². The molecule has 3 heteroatoms. The van der Waals surface area contributed by atoms with Crippen LogP contribution in [-0.2, 0) is 17.6 Å². The van der Waals surface area contributed by atoms with Gasteiger partial charge in [0.25, 0.3) is 0 Å². The van der Waals surface area contributed by atoms with Gasteiger partial charge in [-0.2, -0.15) is 0 Å². The fourth-order valence-corrected chi connectivity index (χ4v) is 5.33. The number of methoxy groups -OCH3 is 1. The molecular formula is C24H30O3. The Hall–Kier alpha value is -2.00. The molecule has 1 saturated carbocycles. The number of phenolic OH excluding ortho intramolecular Hbond substituents is 2. The van der Waals surface area contributed by atoms with Crippen LogP contribution < -0.4 is 0 Å². The third-order valence-electron chi connectivity index (χ3n) is 6.63. The second kappa shape index (κ2) is 7.93. The van der Waals surface area contributed by atoms with Gasteiger partial charge >= 0.3 is 0 Å². The first-order valence-electron chi connectivity index (χ1n) is 10.3. The first-order valence-corrected chi connectivity index (χ1v) is 10.3. The molecule has 2 aliphatic rings. The molecule has 0 aliphatic heterocycles. The number of aryl methyl sites for hydroxylation is 1. The SMILES string of the molecule is COCCCc1cc2c(cc1O)[C@@H]1CCCC[C@@H]1[C@H](c1ccc(O)cc1)C2. The second-order valence-corrected chi connectivity index (χ2v) is 8.23. The number of ether oxygens (including phenoxy) is 1. The summed E-state index contributed by atoms with van der Waals surface area (Å²) in [6, 6.07) is 12.1. The van der Waals surface area contributed by atoms with E-state index in [4.69, 9.17) is 4.74 Å². The highest BCUT2D eigenvalue weighted by molar-refractivity contribution is 5.47. The Morgan fingerprint density at radius 1 is 1.00 bits per heavy atom. The Kier molecular flexibility index (Phi) is 5.40. The van der Waals surface area contributed by atoms with E-state index >= 15 is 0 Å². The van der Waals surface area contributed by atoms with Crippen molar-refractivity contribution < 1.29 is 14.9 Å². The van der Waals surface area contributed by atoms with Gasteiger partial charge in [-0.1, -0.05) is 31.0 Å². The largest absolute Gasteiger partial charge is 0.508 e. The molecule has 4 rings (SSSR count). The summed E-state index contributed by atoms with van der Waals surface area (Å²) in [4.78, 5) is 0. The third kappa shape index (κ3) is 3.70. The Balaban J connectivity index is 1.69. The van der Waals surface area contributed by atoms with Crippen molar-refractivity contribution in [2.75, 3.05) is 13.7 Å². The number of rotatable bonds is 5. The van der Waals surface area contributed by atoms with Crippen molar-refractivity contribution in [1.82, 2.24) is 0 Å². The molecule has 0 heterocycles. The van der Waals surface area contributed by atoms with Crippen molar-refractivity contribution >= 4 is 0 Å². The molecule has 27 heavy (non-hydrogen) atoms. The van der Waals surface area contributed by atoms with Gasteiger partial charge in [0.05, 0.1) is 0 Å². The van der Waals surface area contributed by atoms with Gasteiger partial charge in [0.1, 0.15) is 11.5 Å². The zero-order chi connectivity index (χ0) is 18.8. The van der Waals surface area contributed by atoms with Crippen molar-refractivity contribution in [2.45, 2.75) is 56.8 Å². The molecule has 0 spiro atoms. The first-order chi connectivity index (χ1) is 13.2. The number of aromatic hydroxyl groups is 2. The van der Waals surface area contributed by atoms with Crippen LogP contribution in [0.4, 0.5) is 0 Å². The summed E-state index contributed by atoms with van der Waals surface area (Å²) >= 11 is 0. The van der Waals surface area contributed by atoms with Crippen molar-refractivity contribution in [2.24, 2.45) is 5.92 Å². The Morgan fingerprint density at radius 2 is 1.78 bits per heavy atom. The zero-order valence-electron chi connectivity index (χ0n) is 16.2. The van der Waals surface area contributed by atoms with Crippen LogP contribution in [0, 0.1) is 5.92 Å². The van der Waals surface area contributed by atoms with E-state index in [-0.39, 0.29) is 0 Å². The predicted octanol–water partition coefficient (Wildman–Crippen LogP) is 5.29. The molecule has 0 amide bonds. The Morgan fingerprint density at radius 3 is 2.56 bits per heavy atom. The van der Waals surface area contributed by atoms with Crippen LogP contribution in [0.3, 0.4) is 0 Å². The minimum atomic E-state index is 0.334. The van der Waals surface area contributed by atoms with E-state index < -0.39 is 0 Å². The van der Waals surface area contributed by atoms with E-state index in [0.29, 0.717) is 29.3 Å². The smallest absolute Gasteiger partial charge is 0.119 e. The lowest BCUT2D eigenvalue weighted by Gasteiger charge is -2.43. The number of fused-ring (bicyclic) bond motifs is 3. The lowest BCUT2D eigenvalue weighted by Crippen LogP contribution is -2.31. The minimum Gasteiger partial charge on any atom is -0.508 e. The van der Waals surface area contributed by atoms with E-state index in [1.54, 1.807) is 7.11 Å². The summed E-state index contributed by atoms with van der Waals surface area (Å²) in [6.07, 6.45) is 7.85. The average Bonchev–Trinajstić information content (AvgIpc) is 2.69. The lowest BCUT2D eigenvalue weighted by atomic mass is 9.61. The van der Waals surface area contributed by atoms with E-state index in [9.17, 15) is 10.2 Å². The van der Waals surface area contributed by atoms with Gasteiger partial charge in [-0.15, -0.1) is 0 Å². The van der Waals surface area contributed by atoms with Gasteiger partial charge in [0, 0.05) is 13.7 Å². The molecule has 0 radical (unpaired) electrons. The summed E-state index contributed by atoms with van der Waals surface area (Å²) in [5.74, 6) is 2.47. The molecule has 2 aromatic rings. The lowest BCUT2D eigenvalue weighted by molar-refractivity contribution is 0.195. The quantitative estimate of drug-likeness (QED) is 0.707.